The van der Waals surface area contributed by atoms with Gasteiger partial charge in [-0.2, -0.15) is 0 Å². The van der Waals surface area contributed by atoms with Gasteiger partial charge in [0.1, 0.15) is 0 Å². The van der Waals surface area contributed by atoms with E-state index in [2.05, 4.69) is 36.8 Å². The van der Waals surface area contributed by atoms with Crippen molar-refractivity contribution < 1.29 is 0 Å². The van der Waals surface area contributed by atoms with Gasteiger partial charge in [0.25, 0.3) is 0 Å². The van der Waals surface area contributed by atoms with Crippen molar-refractivity contribution in [3.05, 3.63) is 46.5 Å². The van der Waals surface area contributed by atoms with Crippen molar-refractivity contribution in [1.82, 2.24) is 9.38 Å². The summed E-state index contributed by atoms with van der Waals surface area (Å²) in [5.41, 5.74) is 1.11. The lowest BCUT2D eigenvalue weighted by atomic mass is 10.4. The van der Waals surface area contributed by atoms with Crippen LogP contribution in [0.4, 0.5) is 0 Å². The minimum Gasteiger partial charge on any atom is -0.298 e. The lowest BCUT2D eigenvalue weighted by Crippen LogP contribution is -1.86. The fourth-order valence-corrected chi connectivity index (χ4v) is 2.61. The van der Waals surface area contributed by atoms with Crippen LogP contribution in [0.25, 0.3) is 16.2 Å². The van der Waals surface area contributed by atoms with Crippen LogP contribution in [0.1, 0.15) is 0 Å². The van der Waals surface area contributed by atoms with E-state index in [9.17, 15) is 0 Å². The molecule has 2 nitrogen and oxygen atoms in total. The highest BCUT2D eigenvalue weighted by Gasteiger charge is 2.06. The predicted molar refractivity (Wildman–Crippen MR) is 66.2 cm³/mol. The summed E-state index contributed by atoms with van der Waals surface area (Å²) in [6, 6.07) is 8.20. The molecule has 0 spiro atoms. The summed E-state index contributed by atoms with van der Waals surface area (Å²) in [6.07, 6.45) is 3.93. The minimum absolute atomic E-state index is 1.00. The van der Waals surface area contributed by atoms with E-state index in [-0.39, 0.29) is 0 Å². The molecule has 0 aromatic carbocycles. The SMILES string of the molecule is Brc1ccc2cnc(-c3cccs3)n2c1. The summed E-state index contributed by atoms with van der Waals surface area (Å²) in [5.74, 6) is 1.00. The first-order valence-corrected chi connectivity index (χ1v) is 6.18. The zero-order valence-corrected chi connectivity index (χ0v) is 10.1. The predicted octanol–water partition coefficient (Wildman–Crippen LogP) is 3.83. The Labute approximate surface area is 99.3 Å². The van der Waals surface area contributed by atoms with Gasteiger partial charge in [-0.15, -0.1) is 11.3 Å². The number of rotatable bonds is 1. The van der Waals surface area contributed by atoms with Gasteiger partial charge < -0.3 is 0 Å². The van der Waals surface area contributed by atoms with Crippen LogP contribution in [0, 0.1) is 0 Å². The number of fused-ring (bicyclic) bond motifs is 1. The molecular formula is C11H7BrN2S. The van der Waals surface area contributed by atoms with Gasteiger partial charge in [0, 0.05) is 10.7 Å². The van der Waals surface area contributed by atoms with E-state index >= 15 is 0 Å². The van der Waals surface area contributed by atoms with E-state index in [1.807, 2.05) is 30.6 Å². The van der Waals surface area contributed by atoms with Crippen molar-refractivity contribution in [1.29, 1.82) is 0 Å². The van der Waals surface area contributed by atoms with Gasteiger partial charge >= 0.3 is 0 Å². The van der Waals surface area contributed by atoms with Crippen molar-refractivity contribution in [2.75, 3.05) is 0 Å². The number of aromatic nitrogens is 2. The molecule has 74 valence electrons. The van der Waals surface area contributed by atoms with Crippen molar-refractivity contribution in [3.8, 4) is 10.7 Å². The average Bonchev–Trinajstić information content (AvgIpc) is 2.83. The second-order valence-electron chi connectivity index (χ2n) is 3.20. The number of hydrogen-bond acceptors (Lipinski definition) is 2. The lowest BCUT2D eigenvalue weighted by molar-refractivity contribution is 1.16. The number of hydrogen-bond donors (Lipinski definition) is 0. The zero-order valence-electron chi connectivity index (χ0n) is 7.72. The molecule has 3 heterocycles. The summed E-state index contributed by atoms with van der Waals surface area (Å²) in [4.78, 5) is 5.62. The Kier molecular flexibility index (Phi) is 2.11. The highest BCUT2D eigenvalue weighted by molar-refractivity contribution is 9.10. The van der Waals surface area contributed by atoms with E-state index in [0.717, 1.165) is 15.8 Å². The van der Waals surface area contributed by atoms with Gasteiger partial charge in [-0.25, -0.2) is 4.98 Å². The molecule has 3 aromatic rings. The van der Waals surface area contributed by atoms with Crippen LogP contribution in [0.2, 0.25) is 0 Å². The number of imidazole rings is 1. The van der Waals surface area contributed by atoms with Gasteiger partial charge in [0.15, 0.2) is 5.82 Å². The third kappa shape index (κ3) is 1.50. The molecule has 0 N–H and O–H groups in total. The maximum Gasteiger partial charge on any atom is 0.154 e. The Balaban J connectivity index is 2.32. The third-order valence-corrected chi connectivity index (χ3v) is 3.57. The summed E-state index contributed by atoms with van der Waals surface area (Å²) < 4.78 is 3.15. The Hall–Kier alpha value is -1.13. The summed E-state index contributed by atoms with van der Waals surface area (Å²) in [5, 5.41) is 2.06. The molecule has 3 aromatic heterocycles. The van der Waals surface area contributed by atoms with Gasteiger partial charge in [-0.05, 0) is 39.5 Å². The number of pyridine rings is 1. The first kappa shape index (κ1) is 9.12. The van der Waals surface area contributed by atoms with Crippen molar-refractivity contribution in [2.45, 2.75) is 0 Å². The molecule has 0 fully saturated rings. The fourth-order valence-electron chi connectivity index (χ4n) is 1.55. The summed E-state index contributed by atoms with van der Waals surface area (Å²) in [7, 11) is 0. The molecule has 0 atom stereocenters. The molecule has 0 saturated heterocycles. The summed E-state index contributed by atoms with van der Waals surface area (Å²) >= 11 is 5.17. The van der Waals surface area contributed by atoms with Crippen molar-refractivity contribution >= 4 is 32.8 Å². The molecule has 0 amide bonds. The van der Waals surface area contributed by atoms with Gasteiger partial charge in [-0.3, -0.25) is 4.40 Å². The van der Waals surface area contributed by atoms with Crippen LogP contribution < -0.4 is 0 Å². The van der Waals surface area contributed by atoms with Crippen LogP contribution >= 0.6 is 27.3 Å². The molecule has 0 aliphatic heterocycles. The standard InChI is InChI=1S/C11H7BrN2S/c12-8-3-4-9-6-13-11(14(9)7-8)10-2-1-5-15-10/h1-7H. The normalized spacial score (nSPS) is 11.0. The zero-order chi connectivity index (χ0) is 10.3. The highest BCUT2D eigenvalue weighted by Crippen LogP contribution is 2.25. The second-order valence-corrected chi connectivity index (χ2v) is 5.06. The van der Waals surface area contributed by atoms with Crippen molar-refractivity contribution in [2.24, 2.45) is 0 Å². The van der Waals surface area contributed by atoms with E-state index < -0.39 is 0 Å². The fraction of sp³-hybridized carbons (Fsp3) is 0. The second kappa shape index (κ2) is 3.47. The van der Waals surface area contributed by atoms with Crippen LogP contribution in [-0.4, -0.2) is 9.38 Å². The monoisotopic (exact) mass is 278 g/mol. The Morgan fingerprint density at radius 2 is 2.20 bits per heavy atom. The molecule has 0 aliphatic carbocycles. The maximum atomic E-state index is 4.43. The van der Waals surface area contributed by atoms with Crippen LogP contribution in [0.3, 0.4) is 0 Å². The average molecular weight is 279 g/mol. The summed E-state index contributed by atoms with van der Waals surface area (Å²) in [6.45, 7) is 0. The Morgan fingerprint density at radius 1 is 1.27 bits per heavy atom. The molecule has 0 saturated carbocycles. The third-order valence-electron chi connectivity index (χ3n) is 2.23. The first-order valence-electron chi connectivity index (χ1n) is 4.51. The van der Waals surface area contributed by atoms with E-state index in [4.69, 9.17) is 0 Å². The van der Waals surface area contributed by atoms with E-state index in [1.54, 1.807) is 11.3 Å². The molecule has 0 bridgehead atoms. The topological polar surface area (TPSA) is 17.3 Å². The van der Waals surface area contributed by atoms with Gasteiger partial charge in [-0.1, -0.05) is 6.07 Å². The largest absolute Gasteiger partial charge is 0.298 e. The lowest BCUT2D eigenvalue weighted by Gasteiger charge is -1.98. The first-order chi connectivity index (χ1) is 7.34. The van der Waals surface area contributed by atoms with Gasteiger partial charge in [0.2, 0.25) is 0 Å². The molecule has 15 heavy (non-hydrogen) atoms. The quantitative estimate of drug-likeness (QED) is 0.661. The molecule has 4 heteroatoms. The minimum atomic E-state index is 1.00. The number of thiophene rings is 1. The number of nitrogens with zero attached hydrogens (tertiary/aromatic N) is 2. The van der Waals surface area contributed by atoms with E-state index in [1.165, 1.54) is 4.88 Å². The highest BCUT2D eigenvalue weighted by atomic mass is 79.9. The molecule has 0 radical (unpaired) electrons. The Bertz CT molecular complexity index is 598. The van der Waals surface area contributed by atoms with E-state index in [0.29, 0.717) is 0 Å². The van der Waals surface area contributed by atoms with Crippen LogP contribution in [-0.2, 0) is 0 Å². The van der Waals surface area contributed by atoms with Gasteiger partial charge in [0.05, 0.1) is 16.6 Å². The van der Waals surface area contributed by atoms with Crippen LogP contribution in [0.15, 0.2) is 46.5 Å². The maximum absolute atomic E-state index is 4.43. The molecule has 3 rings (SSSR count). The Morgan fingerprint density at radius 3 is 3.00 bits per heavy atom. The molecular weight excluding hydrogens is 272 g/mol. The number of halogens is 1. The molecule has 0 unspecified atom stereocenters. The van der Waals surface area contributed by atoms with Crippen LogP contribution in [0.5, 0.6) is 0 Å². The molecule has 0 aliphatic rings. The van der Waals surface area contributed by atoms with Crippen molar-refractivity contribution in [3.63, 3.8) is 0 Å². The smallest absolute Gasteiger partial charge is 0.154 e.